The van der Waals surface area contributed by atoms with Crippen LogP contribution in [-0.4, -0.2) is 17.0 Å². The van der Waals surface area contributed by atoms with Crippen molar-refractivity contribution in [3.63, 3.8) is 0 Å². The standard InChI is InChI=1S/C16H21N3/c1-10(2)13-6-8-14(9-7-13)15-11(3)16(17-5)19-12(4)18-15/h6-10H,1-5H3,(H,17,18,19). The van der Waals surface area contributed by atoms with Crippen LogP contribution in [0, 0.1) is 13.8 Å². The number of rotatable bonds is 3. The minimum absolute atomic E-state index is 0.551. The van der Waals surface area contributed by atoms with Crippen molar-refractivity contribution in [3.05, 3.63) is 41.2 Å². The molecular formula is C16H21N3. The average Bonchev–Trinajstić information content (AvgIpc) is 2.41. The van der Waals surface area contributed by atoms with E-state index in [9.17, 15) is 0 Å². The van der Waals surface area contributed by atoms with Gasteiger partial charge in [0.1, 0.15) is 11.6 Å². The van der Waals surface area contributed by atoms with Crippen LogP contribution in [0.5, 0.6) is 0 Å². The number of anilines is 1. The van der Waals surface area contributed by atoms with Gasteiger partial charge in [0, 0.05) is 18.2 Å². The molecule has 0 aliphatic heterocycles. The molecule has 0 unspecified atom stereocenters. The molecule has 1 aromatic heterocycles. The maximum atomic E-state index is 4.57. The molecule has 0 saturated carbocycles. The van der Waals surface area contributed by atoms with Crippen molar-refractivity contribution in [1.29, 1.82) is 0 Å². The first-order chi connectivity index (χ1) is 9.02. The third-order valence-electron chi connectivity index (χ3n) is 3.35. The van der Waals surface area contributed by atoms with Gasteiger partial charge in [0.15, 0.2) is 0 Å². The predicted octanol–water partition coefficient (Wildman–Crippen LogP) is 3.93. The molecule has 0 radical (unpaired) electrons. The van der Waals surface area contributed by atoms with Crippen LogP contribution in [0.2, 0.25) is 0 Å². The number of nitrogens with zero attached hydrogens (tertiary/aromatic N) is 2. The highest BCUT2D eigenvalue weighted by Gasteiger charge is 2.10. The molecule has 3 nitrogen and oxygen atoms in total. The highest BCUT2D eigenvalue weighted by Crippen LogP contribution is 2.27. The van der Waals surface area contributed by atoms with Crippen LogP contribution < -0.4 is 5.32 Å². The van der Waals surface area contributed by atoms with E-state index >= 15 is 0 Å². The van der Waals surface area contributed by atoms with E-state index in [0.29, 0.717) is 5.92 Å². The Balaban J connectivity index is 2.49. The SMILES string of the molecule is CNc1nc(C)nc(-c2ccc(C(C)C)cc2)c1C. The van der Waals surface area contributed by atoms with E-state index in [0.717, 1.165) is 28.5 Å². The van der Waals surface area contributed by atoms with E-state index in [1.165, 1.54) is 5.56 Å². The lowest BCUT2D eigenvalue weighted by atomic mass is 9.99. The van der Waals surface area contributed by atoms with Crippen molar-refractivity contribution in [2.75, 3.05) is 12.4 Å². The zero-order valence-corrected chi connectivity index (χ0v) is 12.3. The normalized spacial score (nSPS) is 10.8. The lowest BCUT2D eigenvalue weighted by Gasteiger charge is -2.12. The lowest BCUT2D eigenvalue weighted by molar-refractivity contribution is 0.867. The summed E-state index contributed by atoms with van der Waals surface area (Å²) in [4.78, 5) is 8.98. The van der Waals surface area contributed by atoms with E-state index in [4.69, 9.17) is 0 Å². The van der Waals surface area contributed by atoms with Gasteiger partial charge in [-0.25, -0.2) is 9.97 Å². The van der Waals surface area contributed by atoms with Gasteiger partial charge in [-0.3, -0.25) is 0 Å². The first-order valence-corrected chi connectivity index (χ1v) is 6.66. The van der Waals surface area contributed by atoms with Crippen molar-refractivity contribution >= 4 is 5.82 Å². The summed E-state index contributed by atoms with van der Waals surface area (Å²) in [5.41, 5.74) is 4.59. The molecule has 19 heavy (non-hydrogen) atoms. The van der Waals surface area contributed by atoms with Crippen molar-refractivity contribution in [2.24, 2.45) is 0 Å². The Kier molecular flexibility index (Phi) is 3.84. The van der Waals surface area contributed by atoms with E-state index in [1.807, 2.05) is 14.0 Å². The molecule has 100 valence electrons. The molecule has 0 amide bonds. The second kappa shape index (κ2) is 5.39. The number of benzene rings is 1. The summed E-state index contributed by atoms with van der Waals surface area (Å²) >= 11 is 0. The predicted molar refractivity (Wildman–Crippen MR) is 80.6 cm³/mol. The van der Waals surface area contributed by atoms with Crippen molar-refractivity contribution in [1.82, 2.24) is 9.97 Å². The second-order valence-electron chi connectivity index (χ2n) is 5.12. The Morgan fingerprint density at radius 1 is 1.00 bits per heavy atom. The van der Waals surface area contributed by atoms with Crippen molar-refractivity contribution in [3.8, 4) is 11.3 Å². The summed E-state index contributed by atoms with van der Waals surface area (Å²) in [6.07, 6.45) is 0. The van der Waals surface area contributed by atoms with E-state index in [1.54, 1.807) is 0 Å². The third-order valence-corrected chi connectivity index (χ3v) is 3.35. The fourth-order valence-corrected chi connectivity index (χ4v) is 2.18. The van der Waals surface area contributed by atoms with Gasteiger partial charge in [-0.1, -0.05) is 38.1 Å². The molecule has 2 aromatic rings. The first kappa shape index (κ1) is 13.5. The van der Waals surface area contributed by atoms with Gasteiger partial charge >= 0.3 is 0 Å². The summed E-state index contributed by atoms with van der Waals surface area (Å²) in [6.45, 7) is 8.38. The zero-order valence-electron chi connectivity index (χ0n) is 12.3. The second-order valence-corrected chi connectivity index (χ2v) is 5.12. The van der Waals surface area contributed by atoms with E-state index in [-0.39, 0.29) is 0 Å². The van der Waals surface area contributed by atoms with Crippen LogP contribution in [0.25, 0.3) is 11.3 Å². The van der Waals surface area contributed by atoms with Gasteiger partial charge < -0.3 is 5.32 Å². The summed E-state index contributed by atoms with van der Waals surface area (Å²) in [5, 5.41) is 3.12. The Morgan fingerprint density at radius 3 is 2.16 bits per heavy atom. The van der Waals surface area contributed by atoms with Gasteiger partial charge in [-0.05, 0) is 25.3 Å². The number of aromatic nitrogens is 2. The van der Waals surface area contributed by atoms with Crippen LogP contribution in [0.3, 0.4) is 0 Å². The summed E-state index contributed by atoms with van der Waals surface area (Å²) < 4.78 is 0. The molecule has 2 rings (SSSR count). The minimum Gasteiger partial charge on any atom is -0.373 e. The summed E-state index contributed by atoms with van der Waals surface area (Å²) in [5.74, 6) is 2.24. The maximum absolute atomic E-state index is 4.57. The van der Waals surface area contributed by atoms with Gasteiger partial charge in [-0.15, -0.1) is 0 Å². The average molecular weight is 255 g/mol. The summed E-state index contributed by atoms with van der Waals surface area (Å²) in [7, 11) is 1.89. The van der Waals surface area contributed by atoms with Crippen LogP contribution in [0.15, 0.2) is 24.3 Å². The van der Waals surface area contributed by atoms with E-state index in [2.05, 4.69) is 60.3 Å². The molecule has 3 heteroatoms. The molecule has 0 bridgehead atoms. The maximum Gasteiger partial charge on any atom is 0.132 e. The van der Waals surface area contributed by atoms with Crippen molar-refractivity contribution < 1.29 is 0 Å². The highest BCUT2D eigenvalue weighted by atomic mass is 15.0. The van der Waals surface area contributed by atoms with Gasteiger partial charge in [0.05, 0.1) is 5.69 Å². The van der Waals surface area contributed by atoms with Crippen LogP contribution in [0.4, 0.5) is 5.82 Å². The van der Waals surface area contributed by atoms with Crippen molar-refractivity contribution in [2.45, 2.75) is 33.6 Å². The fraction of sp³-hybridized carbons (Fsp3) is 0.375. The Hall–Kier alpha value is -1.90. The Morgan fingerprint density at radius 2 is 1.63 bits per heavy atom. The molecular weight excluding hydrogens is 234 g/mol. The largest absolute Gasteiger partial charge is 0.373 e. The molecule has 0 fully saturated rings. The molecule has 1 N–H and O–H groups in total. The van der Waals surface area contributed by atoms with E-state index < -0.39 is 0 Å². The molecule has 1 heterocycles. The zero-order chi connectivity index (χ0) is 14.0. The number of hydrogen-bond acceptors (Lipinski definition) is 3. The smallest absolute Gasteiger partial charge is 0.132 e. The minimum atomic E-state index is 0.551. The van der Waals surface area contributed by atoms with Gasteiger partial charge in [-0.2, -0.15) is 0 Å². The summed E-state index contributed by atoms with van der Waals surface area (Å²) in [6, 6.07) is 8.64. The Bertz CT molecular complexity index is 571. The molecule has 0 saturated heterocycles. The quantitative estimate of drug-likeness (QED) is 0.903. The first-order valence-electron chi connectivity index (χ1n) is 6.66. The third kappa shape index (κ3) is 2.75. The molecule has 0 atom stereocenters. The lowest BCUT2D eigenvalue weighted by Crippen LogP contribution is -2.02. The van der Waals surface area contributed by atoms with Gasteiger partial charge in [0.2, 0.25) is 0 Å². The number of nitrogens with one attached hydrogen (secondary N) is 1. The number of aryl methyl sites for hydroxylation is 1. The molecule has 0 aliphatic rings. The van der Waals surface area contributed by atoms with Crippen LogP contribution >= 0.6 is 0 Å². The molecule has 1 aromatic carbocycles. The highest BCUT2D eigenvalue weighted by molar-refractivity contribution is 5.68. The monoisotopic (exact) mass is 255 g/mol. The van der Waals surface area contributed by atoms with Crippen LogP contribution in [0.1, 0.15) is 36.7 Å². The number of hydrogen-bond donors (Lipinski definition) is 1. The van der Waals surface area contributed by atoms with Gasteiger partial charge in [0.25, 0.3) is 0 Å². The fourth-order valence-electron chi connectivity index (χ4n) is 2.18. The topological polar surface area (TPSA) is 37.8 Å². The van der Waals surface area contributed by atoms with Crippen LogP contribution in [-0.2, 0) is 0 Å². The Labute approximate surface area is 115 Å². The molecule has 0 spiro atoms. The molecule has 0 aliphatic carbocycles.